The van der Waals surface area contributed by atoms with Gasteiger partial charge in [-0.3, -0.25) is 29.8 Å². The topological polar surface area (TPSA) is 244 Å². The number of carbonyl (C=O) groups is 6. The fraction of sp³-hybridized carbons (Fsp3) is 0.133. The fourth-order valence-electron chi connectivity index (χ4n) is 3.67. The first-order chi connectivity index (χ1) is 21.0. The lowest BCUT2D eigenvalue weighted by molar-refractivity contribution is -0.134. The third kappa shape index (κ3) is 10.5. The van der Waals surface area contributed by atoms with E-state index in [1.54, 1.807) is 54.6 Å². The van der Waals surface area contributed by atoms with Crippen LogP contribution in [0.1, 0.15) is 57.2 Å². The number of benzene rings is 3. The van der Waals surface area contributed by atoms with Crippen LogP contribution >= 0.6 is 0 Å². The molecule has 5 rings (SSSR count). The van der Waals surface area contributed by atoms with Gasteiger partial charge in [-0.05, 0) is 41.0 Å². The molecule has 3 aromatic rings. The van der Waals surface area contributed by atoms with Gasteiger partial charge >= 0.3 is 12.1 Å². The van der Waals surface area contributed by atoms with Gasteiger partial charge in [0.15, 0.2) is 0 Å². The Morgan fingerprint density at radius 2 is 1.27 bits per heavy atom. The maximum atomic E-state index is 11.4. The summed E-state index contributed by atoms with van der Waals surface area (Å²) in [7, 11) is 0. The molecule has 6 amide bonds. The maximum absolute atomic E-state index is 11.4. The summed E-state index contributed by atoms with van der Waals surface area (Å²) < 4.78 is 0. The summed E-state index contributed by atoms with van der Waals surface area (Å²) in [6.07, 6.45) is 0.723. The number of nitrogens with zero attached hydrogens (tertiary/aromatic N) is 2. The van der Waals surface area contributed by atoms with Crippen molar-refractivity contribution in [2.24, 2.45) is 5.73 Å². The second-order valence-corrected chi connectivity index (χ2v) is 8.85. The van der Waals surface area contributed by atoms with Crippen LogP contribution in [-0.2, 0) is 20.9 Å². The Balaban J connectivity index is 0.000000221. The van der Waals surface area contributed by atoms with E-state index in [1.807, 2.05) is 30.3 Å². The van der Waals surface area contributed by atoms with Gasteiger partial charge in [-0.25, -0.2) is 9.59 Å². The summed E-state index contributed by atoms with van der Waals surface area (Å²) in [6.45, 7) is 1.50. The molecule has 2 aliphatic heterocycles. The van der Waals surface area contributed by atoms with Gasteiger partial charge in [-0.1, -0.05) is 48.5 Å². The van der Waals surface area contributed by atoms with E-state index in [1.165, 1.54) is 0 Å². The van der Waals surface area contributed by atoms with E-state index in [-0.39, 0.29) is 5.91 Å². The zero-order valence-electron chi connectivity index (χ0n) is 23.2. The molecule has 44 heavy (non-hydrogen) atoms. The lowest BCUT2D eigenvalue weighted by Crippen LogP contribution is -2.22. The van der Waals surface area contributed by atoms with Crippen molar-refractivity contribution in [1.29, 1.82) is 10.5 Å². The standard InChI is InChI=1S/C10H11N3O2.C10H7N3O2.C8H5NO.C2H4O2/c2*11-5-6-2-1-3-7(4-6)8-9(14)13-10(15)12-8;9-5-7-2-1-3-8(4-7)6-10;1-2(3)4/h1-4,8H,5,11H2,(H2,12,13,14,15);1-4,8H,(H2,12,13,14,15);1-4,6H;1H3,(H,3,4). The molecule has 0 bridgehead atoms. The largest absolute Gasteiger partial charge is 0.481 e. The van der Waals surface area contributed by atoms with Crippen LogP contribution in [0.25, 0.3) is 0 Å². The molecule has 2 aliphatic rings. The Kier molecular flexibility index (Phi) is 12.9. The van der Waals surface area contributed by atoms with Crippen LogP contribution in [0.15, 0.2) is 72.8 Å². The summed E-state index contributed by atoms with van der Waals surface area (Å²) in [4.78, 5) is 63.6. The molecule has 3 aromatic carbocycles. The van der Waals surface area contributed by atoms with Gasteiger partial charge in [0.05, 0.1) is 23.3 Å². The Labute approximate surface area is 251 Å². The molecule has 0 radical (unpaired) electrons. The van der Waals surface area contributed by atoms with Gasteiger partial charge in [0.2, 0.25) is 0 Å². The minimum Gasteiger partial charge on any atom is -0.481 e. The van der Waals surface area contributed by atoms with Gasteiger partial charge in [-0.15, -0.1) is 0 Å². The number of nitrogens with one attached hydrogen (secondary N) is 4. The number of aliphatic carboxylic acids is 1. The number of amides is 6. The summed E-state index contributed by atoms with van der Waals surface area (Å²) >= 11 is 0. The highest BCUT2D eigenvalue weighted by atomic mass is 16.4. The first-order valence-corrected chi connectivity index (χ1v) is 12.7. The van der Waals surface area contributed by atoms with Crippen LogP contribution in [0, 0.1) is 22.7 Å². The average molecular weight is 598 g/mol. The average Bonchev–Trinajstić information content (AvgIpc) is 3.55. The van der Waals surface area contributed by atoms with Crippen molar-refractivity contribution in [2.75, 3.05) is 0 Å². The molecular weight excluding hydrogens is 570 g/mol. The molecule has 2 unspecified atom stereocenters. The van der Waals surface area contributed by atoms with Crippen LogP contribution in [0.4, 0.5) is 9.59 Å². The summed E-state index contributed by atoms with van der Waals surface area (Å²) in [6, 6.07) is 22.1. The number of hydrogen-bond donors (Lipinski definition) is 6. The second-order valence-electron chi connectivity index (χ2n) is 8.85. The van der Waals surface area contributed by atoms with E-state index in [2.05, 4.69) is 21.3 Å². The zero-order chi connectivity index (χ0) is 32.6. The number of rotatable bonds is 4. The van der Waals surface area contributed by atoms with Gasteiger partial charge in [-0.2, -0.15) is 10.5 Å². The quantitative estimate of drug-likeness (QED) is 0.188. The van der Waals surface area contributed by atoms with Gasteiger partial charge in [0.1, 0.15) is 18.4 Å². The number of nitrogens with two attached hydrogens (primary N) is 1. The number of carboxylic acids is 1. The summed E-state index contributed by atoms with van der Waals surface area (Å²) in [5.41, 5.74) is 9.30. The zero-order valence-corrected chi connectivity index (χ0v) is 23.2. The number of aldehydes is 1. The van der Waals surface area contributed by atoms with Crippen LogP contribution < -0.4 is 27.0 Å². The smallest absolute Gasteiger partial charge is 0.322 e. The van der Waals surface area contributed by atoms with Gasteiger partial charge in [0.25, 0.3) is 17.8 Å². The highest BCUT2D eigenvalue weighted by Crippen LogP contribution is 2.18. The fourth-order valence-corrected chi connectivity index (χ4v) is 3.67. The third-order valence-corrected chi connectivity index (χ3v) is 5.57. The molecule has 2 atom stereocenters. The van der Waals surface area contributed by atoms with Crippen molar-refractivity contribution in [3.63, 3.8) is 0 Å². The Hall–Kier alpha value is -6.38. The van der Waals surface area contributed by atoms with Crippen molar-refractivity contribution in [3.8, 4) is 12.1 Å². The molecule has 2 saturated heterocycles. The van der Waals surface area contributed by atoms with Crippen molar-refractivity contribution in [3.05, 3.63) is 106 Å². The van der Waals surface area contributed by atoms with Gasteiger partial charge in [0, 0.05) is 19.0 Å². The van der Waals surface area contributed by atoms with Crippen molar-refractivity contribution in [1.82, 2.24) is 21.3 Å². The number of urea groups is 2. The van der Waals surface area contributed by atoms with Gasteiger partial charge < -0.3 is 21.5 Å². The molecule has 2 heterocycles. The maximum Gasteiger partial charge on any atom is 0.322 e. The van der Waals surface area contributed by atoms with E-state index in [0.717, 1.165) is 24.3 Å². The number of nitriles is 2. The Bertz CT molecular complexity index is 1640. The number of imide groups is 2. The predicted octanol–water partition coefficient (Wildman–Crippen LogP) is 1.93. The highest BCUT2D eigenvalue weighted by Gasteiger charge is 2.31. The molecule has 224 valence electrons. The van der Waals surface area contributed by atoms with E-state index < -0.39 is 36.0 Å². The highest BCUT2D eigenvalue weighted by molar-refractivity contribution is 6.05. The Morgan fingerprint density at radius 1 is 0.818 bits per heavy atom. The van der Waals surface area contributed by atoms with Crippen LogP contribution in [0.3, 0.4) is 0 Å². The Morgan fingerprint density at radius 3 is 1.70 bits per heavy atom. The minimum atomic E-state index is -0.833. The molecule has 0 aromatic heterocycles. The lowest BCUT2D eigenvalue weighted by atomic mass is 10.0. The molecule has 0 spiro atoms. The van der Waals surface area contributed by atoms with E-state index in [4.69, 9.17) is 26.2 Å². The molecule has 0 aliphatic carbocycles. The first-order valence-electron chi connectivity index (χ1n) is 12.7. The second kappa shape index (κ2) is 16.8. The van der Waals surface area contributed by atoms with Crippen molar-refractivity contribution in [2.45, 2.75) is 25.6 Å². The minimum absolute atomic E-state index is 0.325. The number of carbonyl (C=O) groups excluding carboxylic acids is 5. The van der Waals surface area contributed by atoms with E-state index in [9.17, 15) is 24.0 Å². The number of hydrogen-bond acceptors (Lipinski definition) is 9. The monoisotopic (exact) mass is 597 g/mol. The van der Waals surface area contributed by atoms with Crippen molar-refractivity contribution < 1.29 is 33.9 Å². The predicted molar refractivity (Wildman–Crippen MR) is 154 cm³/mol. The first kappa shape index (κ1) is 33.8. The van der Waals surface area contributed by atoms with Crippen LogP contribution in [0.2, 0.25) is 0 Å². The normalized spacial score (nSPS) is 15.8. The third-order valence-electron chi connectivity index (χ3n) is 5.57. The summed E-state index contributed by atoms with van der Waals surface area (Å²) in [5, 5.41) is 33.8. The molecular formula is C30H27N7O7. The van der Waals surface area contributed by atoms with E-state index >= 15 is 0 Å². The van der Waals surface area contributed by atoms with Crippen LogP contribution in [0.5, 0.6) is 0 Å². The SMILES string of the molecule is CC(=O)O.N#Cc1cccc(C2NC(=O)NC2=O)c1.N#Cc1cccc(C=O)c1.NCc1cccc(C2NC(=O)NC2=O)c1. The van der Waals surface area contributed by atoms with Crippen LogP contribution in [-0.4, -0.2) is 41.2 Å². The molecule has 14 nitrogen and oxygen atoms in total. The van der Waals surface area contributed by atoms with Crippen molar-refractivity contribution >= 4 is 36.1 Å². The number of carboxylic acid groups (broad SMARTS) is 1. The molecule has 2 fully saturated rings. The van der Waals surface area contributed by atoms with E-state index in [0.29, 0.717) is 28.8 Å². The summed E-state index contributed by atoms with van der Waals surface area (Å²) in [5.74, 6) is -1.55. The lowest BCUT2D eigenvalue weighted by Gasteiger charge is -2.08. The molecule has 0 saturated carbocycles. The molecule has 7 N–H and O–H groups in total. The molecule has 14 heteroatoms.